The number of fused-ring (bicyclic) bond motifs is 4. The van der Waals surface area contributed by atoms with Crippen LogP contribution < -0.4 is 10.2 Å². The molecule has 1 N–H and O–H groups in total. The van der Waals surface area contributed by atoms with E-state index in [-0.39, 0.29) is 12.1 Å². The van der Waals surface area contributed by atoms with Crippen LogP contribution in [-0.2, 0) is 17.6 Å². The number of aryl methyl sites for hydroxylation is 1. The summed E-state index contributed by atoms with van der Waals surface area (Å²) >= 11 is 0. The van der Waals surface area contributed by atoms with Crippen molar-refractivity contribution in [2.75, 3.05) is 25.1 Å². The minimum Gasteiger partial charge on any atom is -0.452 e. The molecule has 2 aromatic carbocycles. The molecule has 3 heterocycles. The number of rotatable bonds is 3. The summed E-state index contributed by atoms with van der Waals surface area (Å²) in [4.78, 5) is 19.7. The molecular weight excluding hydrogens is 412 g/mol. The summed E-state index contributed by atoms with van der Waals surface area (Å²) in [6.45, 7) is 4.33. The molecule has 172 valence electrons. The largest absolute Gasteiger partial charge is 0.452 e. The second-order valence-electron chi connectivity index (χ2n) is 9.95. The van der Waals surface area contributed by atoms with Gasteiger partial charge in [0.05, 0.1) is 23.8 Å². The average Bonchev–Trinajstić information content (AvgIpc) is 3.53. The van der Waals surface area contributed by atoms with Gasteiger partial charge in [0.25, 0.3) is 0 Å². The lowest BCUT2D eigenvalue weighted by Crippen LogP contribution is -2.42. The first-order valence-corrected chi connectivity index (χ1v) is 12.3. The minimum absolute atomic E-state index is 0.119. The smallest absolute Gasteiger partial charge is 0.414 e. The Morgan fingerprint density at radius 1 is 1.12 bits per heavy atom. The van der Waals surface area contributed by atoms with Crippen LogP contribution in [0.5, 0.6) is 0 Å². The van der Waals surface area contributed by atoms with Crippen LogP contribution in [0, 0.1) is 11.8 Å². The quantitative estimate of drug-likeness (QED) is 0.636. The van der Waals surface area contributed by atoms with Crippen LogP contribution in [-0.4, -0.2) is 41.9 Å². The van der Waals surface area contributed by atoms with Gasteiger partial charge in [-0.3, -0.25) is 4.90 Å². The minimum atomic E-state index is -0.289. The molecule has 1 aromatic heterocycles. The maximum atomic E-state index is 12.6. The Morgan fingerprint density at radius 2 is 1.97 bits per heavy atom. The van der Waals surface area contributed by atoms with Gasteiger partial charge >= 0.3 is 6.09 Å². The highest BCUT2D eigenvalue weighted by Gasteiger charge is 2.42. The first kappa shape index (κ1) is 20.7. The molecule has 6 nitrogen and oxygen atoms in total. The molecule has 33 heavy (non-hydrogen) atoms. The molecule has 0 spiro atoms. The van der Waals surface area contributed by atoms with Gasteiger partial charge in [-0.15, -0.1) is 0 Å². The van der Waals surface area contributed by atoms with Crippen molar-refractivity contribution < 1.29 is 9.53 Å². The second kappa shape index (κ2) is 8.17. The molecule has 3 aliphatic rings. The van der Waals surface area contributed by atoms with Crippen molar-refractivity contribution in [3.63, 3.8) is 0 Å². The number of benzene rings is 2. The molecule has 2 fully saturated rings. The molecule has 0 radical (unpaired) electrons. The van der Waals surface area contributed by atoms with Crippen LogP contribution in [0.25, 0.3) is 11.0 Å². The number of carbonyl (C=O) groups excluding carboxylic acids is 1. The zero-order valence-electron chi connectivity index (χ0n) is 19.5. The molecule has 1 aliphatic carbocycles. The standard InChI is InChI=1S/C27H32N4O2/c1-17-8-10-20-22(30(17)27(32)33-2)12-13-24-26(20)29-25(14-18-6-4-3-5-7-18)31(24)23-11-9-19-15-28-16-21(19)23/h3-7,12-13,17,19,21,23,28H,8-11,14-16H2,1-2H3/t17-,19?,21?,23-/m1/s1. The molecular formula is C27H32N4O2. The summed E-state index contributed by atoms with van der Waals surface area (Å²) in [7, 11) is 1.46. The number of nitrogens with zero attached hydrogens (tertiary/aromatic N) is 3. The van der Waals surface area contributed by atoms with E-state index < -0.39 is 0 Å². The van der Waals surface area contributed by atoms with Crippen LogP contribution in [0.2, 0.25) is 0 Å². The molecule has 1 saturated heterocycles. The van der Waals surface area contributed by atoms with E-state index in [1.54, 1.807) is 4.90 Å². The first-order chi connectivity index (χ1) is 16.2. The summed E-state index contributed by atoms with van der Waals surface area (Å²) in [5.41, 5.74) is 5.70. The van der Waals surface area contributed by atoms with E-state index >= 15 is 0 Å². The van der Waals surface area contributed by atoms with E-state index in [0.717, 1.165) is 55.3 Å². The SMILES string of the molecule is COC(=O)N1c2ccc3c(nc(Cc4ccccc4)n3[C@@H]3CCC4CNCC43)c2CC[C@H]1C. The fourth-order valence-corrected chi connectivity index (χ4v) is 6.54. The van der Waals surface area contributed by atoms with Crippen molar-refractivity contribution in [2.45, 2.75) is 51.1 Å². The Balaban J connectivity index is 1.51. The van der Waals surface area contributed by atoms with E-state index in [0.29, 0.717) is 12.0 Å². The summed E-state index contributed by atoms with van der Waals surface area (Å²) in [5, 5.41) is 3.62. The highest BCUT2D eigenvalue weighted by molar-refractivity contribution is 5.95. The number of methoxy groups -OCH3 is 1. The Hall–Kier alpha value is -2.86. The van der Waals surface area contributed by atoms with Gasteiger partial charge < -0.3 is 14.6 Å². The number of hydrogen-bond acceptors (Lipinski definition) is 4. The topological polar surface area (TPSA) is 59.4 Å². The van der Waals surface area contributed by atoms with E-state index in [4.69, 9.17) is 9.72 Å². The number of anilines is 1. The maximum Gasteiger partial charge on any atom is 0.414 e. The van der Waals surface area contributed by atoms with Crippen molar-refractivity contribution in [3.05, 3.63) is 59.4 Å². The number of nitrogens with one attached hydrogen (secondary N) is 1. The van der Waals surface area contributed by atoms with Gasteiger partial charge in [0, 0.05) is 30.6 Å². The number of carbonyl (C=O) groups is 1. The lowest BCUT2D eigenvalue weighted by molar-refractivity contribution is 0.175. The fourth-order valence-electron chi connectivity index (χ4n) is 6.54. The predicted molar refractivity (Wildman–Crippen MR) is 130 cm³/mol. The Bertz CT molecular complexity index is 1190. The molecule has 3 aromatic rings. The van der Waals surface area contributed by atoms with Gasteiger partial charge in [-0.1, -0.05) is 30.3 Å². The van der Waals surface area contributed by atoms with Crippen LogP contribution >= 0.6 is 0 Å². The number of ether oxygens (including phenoxy) is 1. The van der Waals surface area contributed by atoms with Gasteiger partial charge in [-0.05, 0) is 68.7 Å². The van der Waals surface area contributed by atoms with E-state index in [1.807, 2.05) is 0 Å². The van der Waals surface area contributed by atoms with Crippen LogP contribution in [0.15, 0.2) is 42.5 Å². The Kier molecular flexibility index (Phi) is 5.13. The molecule has 6 heteroatoms. The second-order valence-corrected chi connectivity index (χ2v) is 9.95. The predicted octanol–water partition coefficient (Wildman–Crippen LogP) is 4.71. The highest BCUT2D eigenvalue weighted by atomic mass is 16.5. The number of amides is 1. The highest BCUT2D eigenvalue weighted by Crippen LogP contribution is 2.45. The van der Waals surface area contributed by atoms with E-state index in [2.05, 4.69) is 59.3 Å². The third kappa shape index (κ3) is 3.34. The van der Waals surface area contributed by atoms with Crippen LogP contribution in [0.3, 0.4) is 0 Å². The van der Waals surface area contributed by atoms with Gasteiger partial charge in [0.1, 0.15) is 5.82 Å². The number of imidazole rings is 1. The molecule has 2 unspecified atom stereocenters. The van der Waals surface area contributed by atoms with Gasteiger partial charge in [-0.2, -0.15) is 0 Å². The summed E-state index contributed by atoms with van der Waals surface area (Å²) in [6, 6.07) is 15.6. The van der Waals surface area contributed by atoms with Crippen LogP contribution in [0.4, 0.5) is 10.5 Å². The van der Waals surface area contributed by atoms with Gasteiger partial charge in [-0.25, -0.2) is 9.78 Å². The van der Waals surface area contributed by atoms with E-state index in [9.17, 15) is 4.79 Å². The lowest BCUT2D eigenvalue weighted by atomic mass is 9.95. The maximum absolute atomic E-state index is 12.6. The normalized spacial score (nSPS) is 26.4. The van der Waals surface area contributed by atoms with Gasteiger partial charge in [0.2, 0.25) is 0 Å². The fraction of sp³-hybridized carbons (Fsp3) is 0.481. The van der Waals surface area contributed by atoms with Gasteiger partial charge in [0.15, 0.2) is 0 Å². The molecule has 1 amide bonds. The molecule has 2 aliphatic heterocycles. The molecule has 1 saturated carbocycles. The third-order valence-corrected chi connectivity index (χ3v) is 8.16. The summed E-state index contributed by atoms with van der Waals surface area (Å²) in [5.74, 6) is 2.58. The van der Waals surface area contributed by atoms with Crippen molar-refractivity contribution >= 4 is 22.8 Å². The average molecular weight is 445 g/mol. The number of aromatic nitrogens is 2. The third-order valence-electron chi connectivity index (χ3n) is 8.16. The van der Waals surface area contributed by atoms with Crippen LogP contribution in [0.1, 0.15) is 49.2 Å². The summed E-state index contributed by atoms with van der Waals surface area (Å²) < 4.78 is 7.68. The van der Waals surface area contributed by atoms with E-state index in [1.165, 1.54) is 36.6 Å². The molecule has 4 atom stereocenters. The van der Waals surface area contributed by atoms with Crippen molar-refractivity contribution in [2.24, 2.45) is 11.8 Å². The van der Waals surface area contributed by atoms with Crippen molar-refractivity contribution in [1.82, 2.24) is 14.9 Å². The Morgan fingerprint density at radius 3 is 2.79 bits per heavy atom. The lowest BCUT2D eigenvalue weighted by Gasteiger charge is -2.34. The van der Waals surface area contributed by atoms with Crippen molar-refractivity contribution in [1.29, 1.82) is 0 Å². The zero-order valence-corrected chi connectivity index (χ0v) is 19.5. The van der Waals surface area contributed by atoms with Crippen molar-refractivity contribution in [3.8, 4) is 0 Å². The monoisotopic (exact) mass is 444 g/mol. The number of hydrogen-bond donors (Lipinski definition) is 1. The zero-order chi connectivity index (χ0) is 22.5. The Labute approximate surface area is 194 Å². The first-order valence-electron chi connectivity index (χ1n) is 12.3. The summed E-state index contributed by atoms with van der Waals surface area (Å²) in [6.07, 6.45) is 4.88. The molecule has 0 bridgehead atoms. The molecule has 6 rings (SSSR count).